The Kier molecular flexibility index (Phi) is 2.81. The molecule has 0 aromatic carbocycles. The molecule has 0 amide bonds. The van der Waals surface area contributed by atoms with E-state index in [2.05, 4.69) is 9.98 Å². The number of guanidine groups is 1. The van der Waals surface area contributed by atoms with Gasteiger partial charge in [0.05, 0.1) is 24.0 Å². The Bertz CT molecular complexity index is 605. The van der Waals surface area contributed by atoms with Crippen molar-refractivity contribution < 1.29 is 18.7 Å². The van der Waals surface area contributed by atoms with E-state index in [9.17, 15) is 13.6 Å². The maximum atomic E-state index is 13.0. The summed E-state index contributed by atoms with van der Waals surface area (Å²) in [4.78, 5) is 20.2. The van der Waals surface area contributed by atoms with E-state index >= 15 is 0 Å². The van der Waals surface area contributed by atoms with E-state index < -0.39 is 18.4 Å². The van der Waals surface area contributed by atoms with Gasteiger partial charge in [-0.3, -0.25) is 0 Å². The number of carbonyl (C=O) groups is 1. The van der Waals surface area contributed by atoms with Crippen molar-refractivity contribution in [1.82, 2.24) is 9.88 Å². The molecule has 0 saturated carbocycles. The van der Waals surface area contributed by atoms with Crippen molar-refractivity contribution in [2.45, 2.75) is 31.4 Å². The molecule has 106 valence electrons. The molecule has 3 N–H and O–H groups in total. The molecule has 3 rings (SSSR count). The Morgan fingerprint density at radius 2 is 2.25 bits per heavy atom. The van der Waals surface area contributed by atoms with Crippen LogP contribution in [0.3, 0.4) is 0 Å². The predicted octanol–water partition coefficient (Wildman–Crippen LogP) is 1.51. The first-order chi connectivity index (χ1) is 9.49. The topological polar surface area (TPSA) is 91.8 Å². The van der Waals surface area contributed by atoms with E-state index in [4.69, 9.17) is 10.8 Å². The fraction of sp³-hybridized carbons (Fsp3) is 0.417. The number of hydrogen-bond acceptors (Lipinski definition) is 5. The monoisotopic (exact) mass is 282 g/mol. The zero-order chi connectivity index (χ0) is 14.4. The highest BCUT2D eigenvalue weighted by Crippen LogP contribution is 2.44. The minimum atomic E-state index is -2.52. The number of halogens is 2. The van der Waals surface area contributed by atoms with Crippen molar-refractivity contribution in [3.05, 3.63) is 23.5 Å². The van der Waals surface area contributed by atoms with Gasteiger partial charge in [-0.25, -0.2) is 23.6 Å². The minimum Gasteiger partial charge on any atom is -0.477 e. The number of aromatic nitrogens is 1. The van der Waals surface area contributed by atoms with Gasteiger partial charge in [0.15, 0.2) is 5.96 Å². The van der Waals surface area contributed by atoms with Crippen LogP contribution < -0.4 is 5.73 Å². The van der Waals surface area contributed by atoms with E-state index in [1.54, 1.807) is 0 Å². The number of fused-ring (bicyclic) bond motifs is 3. The average molecular weight is 282 g/mol. The number of nitrogens with zero attached hydrogens (tertiary/aromatic N) is 3. The lowest BCUT2D eigenvalue weighted by molar-refractivity contribution is 0.0643. The number of hydrogen-bond donors (Lipinski definition) is 2. The number of aromatic carboxylic acids is 1. The van der Waals surface area contributed by atoms with Crippen LogP contribution in [0.15, 0.2) is 17.3 Å². The van der Waals surface area contributed by atoms with Crippen LogP contribution in [0.2, 0.25) is 0 Å². The zero-order valence-corrected chi connectivity index (χ0v) is 10.3. The molecule has 3 heterocycles. The molecule has 8 heteroatoms. The summed E-state index contributed by atoms with van der Waals surface area (Å²) < 4.78 is 26.0. The molecule has 20 heavy (non-hydrogen) atoms. The van der Waals surface area contributed by atoms with Gasteiger partial charge < -0.3 is 15.7 Å². The molecule has 1 fully saturated rings. The number of alkyl halides is 2. The number of nitrogens with two attached hydrogens (primary N) is 1. The number of carboxylic acids is 1. The van der Waals surface area contributed by atoms with Gasteiger partial charge in [0.1, 0.15) is 5.69 Å². The van der Waals surface area contributed by atoms with E-state index in [0.717, 1.165) is 0 Å². The van der Waals surface area contributed by atoms with E-state index in [0.29, 0.717) is 24.1 Å². The van der Waals surface area contributed by atoms with Crippen LogP contribution in [0, 0.1) is 0 Å². The van der Waals surface area contributed by atoms with Crippen LogP contribution in [-0.2, 0) is 0 Å². The number of rotatable bonds is 2. The summed E-state index contributed by atoms with van der Waals surface area (Å²) in [6, 6.07) is 0.0556. The Morgan fingerprint density at radius 3 is 2.90 bits per heavy atom. The number of aliphatic imine (C=N–C) groups is 1. The second-order valence-corrected chi connectivity index (χ2v) is 4.81. The SMILES string of the molecule is NC1=Nc2cnc(C(=O)O)cc2[C@H]2CC[C@H](C(F)F)N12. The third-order valence-electron chi connectivity index (χ3n) is 3.71. The minimum absolute atomic E-state index is 0.0372. The predicted molar refractivity (Wildman–Crippen MR) is 66.1 cm³/mol. The standard InChI is InChI=1S/C12H12F2N4O2/c13-10(14)9-2-1-8-5-3-6(11(19)20)16-4-7(5)17-12(15)18(8)9/h3-4,8-10H,1-2H2,(H2,15,17)(H,19,20)/t8-,9-/m1/s1. The molecular formula is C12H12F2N4O2. The lowest BCUT2D eigenvalue weighted by atomic mass is 10.0. The quantitative estimate of drug-likeness (QED) is 0.857. The third kappa shape index (κ3) is 1.79. The maximum absolute atomic E-state index is 13.0. The number of pyridine rings is 1. The molecule has 0 radical (unpaired) electrons. The van der Waals surface area contributed by atoms with Crippen molar-refractivity contribution in [1.29, 1.82) is 0 Å². The molecule has 0 unspecified atom stereocenters. The summed E-state index contributed by atoms with van der Waals surface area (Å²) in [6.45, 7) is 0. The van der Waals surface area contributed by atoms with Gasteiger partial charge in [-0.05, 0) is 18.9 Å². The van der Waals surface area contributed by atoms with Crippen molar-refractivity contribution in [2.24, 2.45) is 10.7 Å². The van der Waals surface area contributed by atoms with Crippen LogP contribution in [0.25, 0.3) is 0 Å². The molecule has 0 spiro atoms. The fourth-order valence-electron chi connectivity index (χ4n) is 2.84. The van der Waals surface area contributed by atoms with E-state index in [-0.39, 0.29) is 17.7 Å². The second-order valence-electron chi connectivity index (χ2n) is 4.81. The average Bonchev–Trinajstić information content (AvgIpc) is 2.84. The number of carboxylic acid groups (broad SMARTS) is 1. The smallest absolute Gasteiger partial charge is 0.354 e. The van der Waals surface area contributed by atoms with Crippen molar-refractivity contribution in [3.63, 3.8) is 0 Å². The summed E-state index contributed by atoms with van der Waals surface area (Å²) in [5, 5.41) is 8.96. The highest BCUT2D eigenvalue weighted by molar-refractivity contribution is 5.88. The first kappa shape index (κ1) is 12.8. The summed E-state index contributed by atoms with van der Waals surface area (Å²) in [5.74, 6) is -1.12. The van der Waals surface area contributed by atoms with Gasteiger partial charge in [-0.15, -0.1) is 0 Å². The van der Waals surface area contributed by atoms with Gasteiger partial charge in [0, 0.05) is 5.56 Å². The van der Waals surface area contributed by atoms with Gasteiger partial charge in [-0.1, -0.05) is 0 Å². The van der Waals surface area contributed by atoms with Crippen LogP contribution in [0.1, 0.15) is 34.9 Å². The maximum Gasteiger partial charge on any atom is 0.354 e. The van der Waals surface area contributed by atoms with Crippen LogP contribution in [0.4, 0.5) is 14.5 Å². The first-order valence-electron chi connectivity index (χ1n) is 6.13. The molecule has 0 aliphatic carbocycles. The summed E-state index contributed by atoms with van der Waals surface area (Å²) >= 11 is 0. The molecular weight excluding hydrogens is 270 g/mol. The summed E-state index contributed by atoms with van der Waals surface area (Å²) in [7, 11) is 0. The molecule has 1 aromatic heterocycles. The van der Waals surface area contributed by atoms with E-state index in [1.165, 1.54) is 17.2 Å². The van der Waals surface area contributed by atoms with Crippen LogP contribution in [0.5, 0.6) is 0 Å². The van der Waals surface area contributed by atoms with Crippen LogP contribution in [-0.4, -0.2) is 39.4 Å². The highest BCUT2D eigenvalue weighted by atomic mass is 19.3. The van der Waals surface area contributed by atoms with E-state index in [1.807, 2.05) is 0 Å². The Hall–Kier alpha value is -2.25. The van der Waals surface area contributed by atoms with Gasteiger partial charge >= 0.3 is 5.97 Å². The molecule has 1 saturated heterocycles. The lowest BCUT2D eigenvalue weighted by Crippen LogP contribution is -2.46. The first-order valence-corrected chi connectivity index (χ1v) is 6.13. The Labute approximate surface area is 112 Å². The zero-order valence-electron chi connectivity index (χ0n) is 10.3. The molecule has 6 nitrogen and oxygen atoms in total. The van der Waals surface area contributed by atoms with Crippen molar-refractivity contribution >= 4 is 17.6 Å². The van der Waals surface area contributed by atoms with Gasteiger partial charge in [-0.2, -0.15) is 0 Å². The summed E-state index contributed by atoms with van der Waals surface area (Å²) in [6.07, 6.45) is -0.418. The molecule has 1 aromatic rings. The third-order valence-corrected chi connectivity index (χ3v) is 3.71. The second kappa shape index (κ2) is 4.39. The molecule has 0 bridgehead atoms. The lowest BCUT2D eigenvalue weighted by Gasteiger charge is -2.34. The molecule has 2 aliphatic rings. The highest BCUT2D eigenvalue weighted by Gasteiger charge is 2.43. The van der Waals surface area contributed by atoms with Gasteiger partial charge in [0.2, 0.25) is 0 Å². The largest absolute Gasteiger partial charge is 0.477 e. The molecule has 2 atom stereocenters. The Morgan fingerprint density at radius 1 is 1.50 bits per heavy atom. The van der Waals surface area contributed by atoms with Crippen molar-refractivity contribution in [2.75, 3.05) is 0 Å². The summed E-state index contributed by atoms with van der Waals surface area (Å²) in [5.41, 5.74) is 6.67. The van der Waals surface area contributed by atoms with Gasteiger partial charge in [0.25, 0.3) is 6.43 Å². The molecule has 2 aliphatic heterocycles. The normalized spacial score (nSPS) is 24.4. The van der Waals surface area contributed by atoms with Crippen LogP contribution >= 0.6 is 0 Å². The fourth-order valence-corrected chi connectivity index (χ4v) is 2.84. The Balaban J connectivity index is 2.07. The van der Waals surface area contributed by atoms with Crippen molar-refractivity contribution in [3.8, 4) is 0 Å².